The van der Waals surface area contributed by atoms with Gasteiger partial charge in [-0.15, -0.1) is 0 Å². The van der Waals surface area contributed by atoms with E-state index in [1.165, 1.54) is 20.3 Å². The molecule has 1 N–H and O–H groups in total. The Bertz CT molecular complexity index is 796. The molecule has 2 rings (SSSR count). The Morgan fingerprint density at radius 3 is 2.44 bits per heavy atom. The largest absolute Gasteiger partial charge is 0.493 e. The fraction of sp³-hybridized carbons (Fsp3) is 0.235. The van der Waals surface area contributed by atoms with E-state index in [-0.39, 0.29) is 11.3 Å². The lowest BCUT2D eigenvalue weighted by molar-refractivity contribution is -0.123. The van der Waals surface area contributed by atoms with E-state index in [2.05, 4.69) is 5.32 Å². The van der Waals surface area contributed by atoms with Gasteiger partial charge in [0, 0.05) is 13.2 Å². The van der Waals surface area contributed by atoms with Crippen LogP contribution < -0.4 is 14.8 Å². The molecule has 132 valence electrons. The third-order valence-corrected chi connectivity index (χ3v) is 3.39. The van der Waals surface area contributed by atoms with Crippen LogP contribution in [0.1, 0.15) is 20.8 Å². The van der Waals surface area contributed by atoms with Gasteiger partial charge in [0.1, 0.15) is 11.3 Å². The average molecular weight is 346 g/mol. The monoisotopic (exact) mass is 346 g/mol. The minimum atomic E-state index is -0.766. The first kappa shape index (κ1) is 18.1. The predicted molar refractivity (Wildman–Crippen MR) is 87.7 cm³/mol. The van der Waals surface area contributed by atoms with Crippen molar-refractivity contribution in [3.63, 3.8) is 0 Å². The summed E-state index contributed by atoms with van der Waals surface area (Å²) in [5.41, 5.74) is 0.428. The zero-order valence-electron chi connectivity index (χ0n) is 14.1. The molecular formula is C17H18N2O6. The Balaban J connectivity index is 1.97. The van der Waals surface area contributed by atoms with Crippen molar-refractivity contribution in [2.45, 2.75) is 0 Å². The SMILES string of the molecule is COc1cccc(C(=O)OCC(=O)NC(=O)c2cccn2C)c1OC. The van der Waals surface area contributed by atoms with Gasteiger partial charge in [-0.1, -0.05) is 6.07 Å². The van der Waals surface area contributed by atoms with Gasteiger partial charge < -0.3 is 18.8 Å². The van der Waals surface area contributed by atoms with Gasteiger partial charge in [0.25, 0.3) is 11.8 Å². The number of nitrogens with zero attached hydrogens (tertiary/aromatic N) is 1. The third-order valence-electron chi connectivity index (χ3n) is 3.39. The molecule has 2 amide bonds. The van der Waals surface area contributed by atoms with Crippen LogP contribution in [0.5, 0.6) is 11.5 Å². The first-order valence-corrected chi connectivity index (χ1v) is 7.31. The fourth-order valence-corrected chi connectivity index (χ4v) is 2.18. The molecule has 8 nitrogen and oxygen atoms in total. The molecule has 0 fully saturated rings. The molecule has 1 aromatic carbocycles. The van der Waals surface area contributed by atoms with Crippen LogP contribution in [-0.4, -0.2) is 43.2 Å². The Hall–Kier alpha value is -3.29. The maximum absolute atomic E-state index is 12.1. The lowest BCUT2D eigenvalue weighted by Gasteiger charge is -2.12. The molecule has 2 aromatic rings. The summed E-state index contributed by atoms with van der Waals surface area (Å²) in [6, 6.07) is 7.94. The van der Waals surface area contributed by atoms with Gasteiger partial charge in [0.05, 0.1) is 14.2 Å². The Labute approximate surface area is 144 Å². The summed E-state index contributed by atoms with van der Waals surface area (Å²) in [5, 5.41) is 2.15. The molecule has 0 saturated carbocycles. The highest BCUT2D eigenvalue weighted by molar-refractivity contribution is 6.04. The maximum Gasteiger partial charge on any atom is 0.342 e. The van der Waals surface area contributed by atoms with Crippen LogP contribution in [0.15, 0.2) is 36.5 Å². The minimum absolute atomic E-state index is 0.114. The topological polar surface area (TPSA) is 95.9 Å². The van der Waals surface area contributed by atoms with Gasteiger partial charge in [0.15, 0.2) is 18.1 Å². The molecule has 0 spiro atoms. The lowest BCUT2D eigenvalue weighted by Crippen LogP contribution is -2.35. The van der Waals surface area contributed by atoms with E-state index < -0.39 is 24.4 Å². The number of hydrogen-bond donors (Lipinski definition) is 1. The highest BCUT2D eigenvalue weighted by atomic mass is 16.5. The second kappa shape index (κ2) is 8.00. The summed E-state index contributed by atoms with van der Waals surface area (Å²) >= 11 is 0. The smallest absolute Gasteiger partial charge is 0.342 e. The number of aromatic nitrogens is 1. The normalized spacial score (nSPS) is 10.0. The summed E-state index contributed by atoms with van der Waals surface area (Å²) < 4.78 is 16.7. The molecule has 0 atom stereocenters. The van der Waals surface area contributed by atoms with E-state index in [0.29, 0.717) is 11.4 Å². The van der Waals surface area contributed by atoms with E-state index in [9.17, 15) is 14.4 Å². The van der Waals surface area contributed by atoms with E-state index in [0.717, 1.165) is 0 Å². The number of para-hydroxylation sites is 1. The van der Waals surface area contributed by atoms with Crippen LogP contribution in [-0.2, 0) is 16.6 Å². The molecule has 1 aromatic heterocycles. The highest BCUT2D eigenvalue weighted by Gasteiger charge is 2.19. The minimum Gasteiger partial charge on any atom is -0.493 e. The first-order valence-electron chi connectivity index (χ1n) is 7.31. The number of ether oxygens (including phenoxy) is 3. The molecular weight excluding hydrogens is 328 g/mol. The van der Waals surface area contributed by atoms with Gasteiger partial charge >= 0.3 is 5.97 Å². The van der Waals surface area contributed by atoms with Gasteiger partial charge in [-0.05, 0) is 24.3 Å². The molecule has 0 aliphatic rings. The number of rotatable bonds is 6. The number of imide groups is 1. The number of methoxy groups -OCH3 is 2. The number of amides is 2. The lowest BCUT2D eigenvalue weighted by atomic mass is 10.2. The van der Waals surface area contributed by atoms with Crippen molar-refractivity contribution < 1.29 is 28.6 Å². The Morgan fingerprint density at radius 2 is 1.84 bits per heavy atom. The van der Waals surface area contributed by atoms with E-state index >= 15 is 0 Å². The molecule has 0 aliphatic heterocycles. The van der Waals surface area contributed by atoms with Crippen LogP contribution in [0.4, 0.5) is 0 Å². The van der Waals surface area contributed by atoms with Crippen LogP contribution >= 0.6 is 0 Å². The molecule has 0 aliphatic carbocycles. The van der Waals surface area contributed by atoms with Gasteiger partial charge in [-0.25, -0.2) is 4.79 Å². The summed E-state index contributed by atoms with van der Waals surface area (Å²) in [7, 11) is 4.50. The van der Waals surface area contributed by atoms with Crippen molar-refractivity contribution in [2.24, 2.45) is 7.05 Å². The Morgan fingerprint density at radius 1 is 1.08 bits per heavy atom. The molecule has 25 heavy (non-hydrogen) atoms. The number of esters is 1. The number of carbonyl (C=O) groups is 3. The number of nitrogens with one attached hydrogen (secondary N) is 1. The quantitative estimate of drug-likeness (QED) is 0.789. The van der Waals surface area contributed by atoms with Gasteiger partial charge in [-0.2, -0.15) is 0 Å². The van der Waals surface area contributed by atoms with E-state index in [4.69, 9.17) is 14.2 Å². The van der Waals surface area contributed by atoms with Gasteiger partial charge in [-0.3, -0.25) is 14.9 Å². The maximum atomic E-state index is 12.1. The fourth-order valence-electron chi connectivity index (χ4n) is 2.18. The second-order valence-corrected chi connectivity index (χ2v) is 5.00. The molecule has 0 saturated heterocycles. The van der Waals surface area contributed by atoms with E-state index in [1.54, 1.807) is 42.1 Å². The third kappa shape index (κ3) is 4.17. The van der Waals surface area contributed by atoms with Crippen molar-refractivity contribution in [3.05, 3.63) is 47.8 Å². The van der Waals surface area contributed by atoms with Crippen LogP contribution in [0, 0.1) is 0 Å². The van der Waals surface area contributed by atoms with Crippen molar-refractivity contribution in [1.82, 2.24) is 9.88 Å². The summed E-state index contributed by atoms with van der Waals surface area (Å²) in [4.78, 5) is 35.8. The second-order valence-electron chi connectivity index (χ2n) is 5.00. The zero-order valence-corrected chi connectivity index (χ0v) is 14.1. The summed E-state index contributed by atoms with van der Waals surface area (Å²) in [6.07, 6.45) is 1.68. The van der Waals surface area contributed by atoms with Crippen molar-refractivity contribution >= 4 is 17.8 Å². The first-order chi connectivity index (χ1) is 12.0. The van der Waals surface area contributed by atoms with Crippen molar-refractivity contribution in [3.8, 4) is 11.5 Å². The molecule has 0 unspecified atom stereocenters. The summed E-state index contributed by atoms with van der Waals surface area (Å²) in [5.74, 6) is -1.51. The van der Waals surface area contributed by atoms with Gasteiger partial charge in [0.2, 0.25) is 0 Å². The van der Waals surface area contributed by atoms with Crippen LogP contribution in [0.3, 0.4) is 0 Å². The molecule has 0 bridgehead atoms. The average Bonchev–Trinajstić information content (AvgIpc) is 3.04. The molecule has 8 heteroatoms. The number of benzene rings is 1. The van der Waals surface area contributed by atoms with E-state index in [1.807, 2.05) is 0 Å². The van der Waals surface area contributed by atoms with Crippen LogP contribution in [0.2, 0.25) is 0 Å². The summed E-state index contributed by atoms with van der Waals surface area (Å²) in [6.45, 7) is -0.602. The number of aryl methyl sites for hydroxylation is 1. The van der Waals surface area contributed by atoms with Crippen molar-refractivity contribution in [1.29, 1.82) is 0 Å². The molecule has 1 heterocycles. The number of carbonyl (C=O) groups excluding carboxylic acids is 3. The van der Waals surface area contributed by atoms with Crippen LogP contribution in [0.25, 0.3) is 0 Å². The standard InChI is InChI=1S/C17H18N2O6/c1-19-9-5-7-12(19)16(21)18-14(20)10-25-17(22)11-6-4-8-13(23-2)15(11)24-3/h4-9H,10H2,1-3H3,(H,18,20,21). The highest BCUT2D eigenvalue weighted by Crippen LogP contribution is 2.30. The predicted octanol–water partition coefficient (Wildman–Crippen LogP) is 1.16. The number of hydrogen-bond acceptors (Lipinski definition) is 6. The Kier molecular flexibility index (Phi) is 5.78. The zero-order chi connectivity index (χ0) is 18.4. The van der Waals surface area contributed by atoms with Crippen molar-refractivity contribution in [2.75, 3.05) is 20.8 Å². The molecule has 0 radical (unpaired) electrons.